The van der Waals surface area contributed by atoms with E-state index in [1.165, 1.54) is 31.0 Å². The lowest BCUT2D eigenvalue weighted by molar-refractivity contribution is -0.129. The molecule has 0 aliphatic heterocycles. The number of benzene rings is 1. The van der Waals surface area contributed by atoms with Crippen LogP contribution in [0, 0.1) is 13.8 Å². The quantitative estimate of drug-likeness (QED) is 0.767. The largest absolute Gasteiger partial charge is 0.342 e. The first-order valence-electron chi connectivity index (χ1n) is 8.81. The van der Waals surface area contributed by atoms with Gasteiger partial charge in [-0.1, -0.05) is 49.2 Å². The maximum atomic E-state index is 12.5. The van der Waals surface area contributed by atoms with Gasteiger partial charge in [0.05, 0.1) is 11.4 Å². The molecule has 1 amide bonds. The maximum Gasteiger partial charge on any atom is 0.233 e. The number of carbonyl (C=O) groups is 1. The van der Waals surface area contributed by atoms with Crippen molar-refractivity contribution in [3.63, 3.8) is 0 Å². The van der Waals surface area contributed by atoms with E-state index in [9.17, 15) is 4.79 Å². The second-order valence-corrected chi connectivity index (χ2v) is 7.64. The van der Waals surface area contributed by atoms with Crippen molar-refractivity contribution in [3.05, 3.63) is 29.3 Å². The van der Waals surface area contributed by atoms with Crippen molar-refractivity contribution in [2.45, 2.75) is 57.1 Å². The second kappa shape index (κ2) is 7.99. The Morgan fingerprint density at radius 2 is 1.92 bits per heavy atom. The maximum absolute atomic E-state index is 12.5. The molecule has 1 heterocycles. The van der Waals surface area contributed by atoms with Gasteiger partial charge in [-0.05, 0) is 48.2 Å². The summed E-state index contributed by atoms with van der Waals surface area (Å²) in [6, 6.07) is 6.49. The van der Waals surface area contributed by atoms with Gasteiger partial charge in [0, 0.05) is 13.1 Å². The first-order chi connectivity index (χ1) is 12.1. The number of aromatic nitrogens is 4. The highest BCUT2D eigenvalue weighted by Crippen LogP contribution is 2.25. The molecule has 134 valence electrons. The van der Waals surface area contributed by atoms with E-state index in [1.54, 1.807) is 4.68 Å². The smallest absolute Gasteiger partial charge is 0.233 e. The summed E-state index contributed by atoms with van der Waals surface area (Å²) >= 11 is 1.40. The molecule has 2 aromatic rings. The molecule has 3 rings (SSSR count). The average molecular weight is 359 g/mol. The predicted molar refractivity (Wildman–Crippen MR) is 99.0 cm³/mol. The Labute approximate surface area is 153 Å². The summed E-state index contributed by atoms with van der Waals surface area (Å²) in [5.41, 5.74) is 3.21. The summed E-state index contributed by atoms with van der Waals surface area (Å²) < 4.78 is 1.74. The molecule has 0 spiro atoms. The molecule has 0 bridgehead atoms. The lowest BCUT2D eigenvalue weighted by atomic mass is 9.94. The van der Waals surface area contributed by atoms with E-state index in [2.05, 4.69) is 15.5 Å². The number of thioether (sulfide) groups is 1. The standard InChI is InChI=1S/C18H25N5OS/c1-13-8-7-9-14(2)17(13)23-18(19-20-21-23)25-12-16(24)22(3)15-10-5-4-6-11-15/h7-9,15H,4-6,10-12H2,1-3H3. The van der Waals surface area contributed by atoms with Gasteiger partial charge in [0.1, 0.15) is 0 Å². The van der Waals surface area contributed by atoms with Crippen molar-refractivity contribution in [1.29, 1.82) is 0 Å². The van der Waals surface area contributed by atoms with E-state index < -0.39 is 0 Å². The molecular weight excluding hydrogens is 334 g/mol. The van der Waals surface area contributed by atoms with Crippen LogP contribution in [0.4, 0.5) is 0 Å². The van der Waals surface area contributed by atoms with Gasteiger partial charge in [0.15, 0.2) is 0 Å². The number of carbonyl (C=O) groups excluding carboxylic acids is 1. The monoisotopic (exact) mass is 359 g/mol. The summed E-state index contributed by atoms with van der Waals surface area (Å²) in [6.07, 6.45) is 5.97. The van der Waals surface area contributed by atoms with E-state index in [-0.39, 0.29) is 5.91 Å². The van der Waals surface area contributed by atoms with Crippen LogP contribution >= 0.6 is 11.8 Å². The Morgan fingerprint density at radius 3 is 2.60 bits per heavy atom. The van der Waals surface area contributed by atoms with Crippen molar-refractivity contribution in [1.82, 2.24) is 25.1 Å². The molecular formula is C18H25N5OS. The van der Waals surface area contributed by atoms with Gasteiger partial charge in [-0.3, -0.25) is 4.79 Å². The molecule has 25 heavy (non-hydrogen) atoms. The van der Waals surface area contributed by atoms with Crippen molar-refractivity contribution in [2.75, 3.05) is 12.8 Å². The number of tetrazole rings is 1. The van der Waals surface area contributed by atoms with Crippen molar-refractivity contribution < 1.29 is 4.79 Å². The van der Waals surface area contributed by atoms with Crippen LogP contribution in [0.3, 0.4) is 0 Å². The number of nitrogens with zero attached hydrogens (tertiary/aromatic N) is 5. The predicted octanol–water partition coefficient (Wildman–Crippen LogP) is 3.16. The molecule has 1 aromatic carbocycles. The molecule has 6 nitrogen and oxygen atoms in total. The Morgan fingerprint density at radius 1 is 1.24 bits per heavy atom. The van der Waals surface area contributed by atoms with Crippen LogP contribution in [0.1, 0.15) is 43.2 Å². The molecule has 0 radical (unpaired) electrons. The zero-order chi connectivity index (χ0) is 17.8. The van der Waals surface area contributed by atoms with Crippen LogP contribution < -0.4 is 0 Å². The van der Waals surface area contributed by atoms with E-state index in [0.29, 0.717) is 17.0 Å². The van der Waals surface area contributed by atoms with Crippen LogP contribution in [0.15, 0.2) is 23.4 Å². The number of para-hydroxylation sites is 1. The third kappa shape index (κ3) is 4.03. The minimum atomic E-state index is 0.146. The Hall–Kier alpha value is -1.89. The molecule has 0 atom stereocenters. The highest BCUT2D eigenvalue weighted by molar-refractivity contribution is 7.99. The van der Waals surface area contributed by atoms with Gasteiger partial charge in [0.25, 0.3) is 0 Å². The molecule has 1 aromatic heterocycles. The fraction of sp³-hybridized carbons (Fsp3) is 0.556. The summed E-state index contributed by atoms with van der Waals surface area (Å²) in [4.78, 5) is 14.5. The van der Waals surface area contributed by atoms with Gasteiger partial charge in [-0.15, -0.1) is 5.10 Å². The Kier molecular flexibility index (Phi) is 5.73. The third-order valence-corrected chi connectivity index (χ3v) is 5.84. The molecule has 1 fully saturated rings. The lowest BCUT2D eigenvalue weighted by Crippen LogP contribution is -2.39. The number of hydrogen-bond donors (Lipinski definition) is 0. The summed E-state index contributed by atoms with van der Waals surface area (Å²) in [5, 5.41) is 12.7. The van der Waals surface area contributed by atoms with Gasteiger partial charge in [0.2, 0.25) is 11.1 Å². The van der Waals surface area contributed by atoms with Gasteiger partial charge >= 0.3 is 0 Å². The number of hydrogen-bond acceptors (Lipinski definition) is 5. The van der Waals surface area contributed by atoms with E-state index in [0.717, 1.165) is 29.7 Å². The minimum absolute atomic E-state index is 0.146. The zero-order valence-corrected chi connectivity index (χ0v) is 15.9. The van der Waals surface area contributed by atoms with Crippen molar-refractivity contribution in [2.24, 2.45) is 0 Å². The summed E-state index contributed by atoms with van der Waals surface area (Å²) in [5.74, 6) is 0.506. The number of aryl methyl sites for hydroxylation is 2. The zero-order valence-electron chi connectivity index (χ0n) is 15.1. The van der Waals surface area contributed by atoms with E-state index >= 15 is 0 Å². The Balaban J connectivity index is 1.68. The fourth-order valence-corrected chi connectivity index (χ4v) is 4.25. The fourth-order valence-electron chi connectivity index (χ4n) is 3.45. The first-order valence-corrected chi connectivity index (χ1v) is 9.80. The number of amides is 1. The summed E-state index contributed by atoms with van der Waals surface area (Å²) in [6.45, 7) is 4.08. The molecule has 0 N–H and O–H groups in total. The van der Waals surface area contributed by atoms with Crippen LogP contribution in [-0.4, -0.2) is 49.9 Å². The highest BCUT2D eigenvalue weighted by atomic mass is 32.2. The highest BCUT2D eigenvalue weighted by Gasteiger charge is 2.23. The lowest BCUT2D eigenvalue weighted by Gasteiger charge is -2.31. The third-order valence-electron chi connectivity index (χ3n) is 4.93. The second-order valence-electron chi connectivity index (χ2n) is 6.70. The molecule has 1 aliphatic carbocycles. The molecule has 1 saturated carbocycles. The van der Waals surface area contributed by atoms with E-state index in [1.807, 2.05) is 44.0 Å². The molecule has 7 heteroatoms. The van der Waals surface area contributed by atoms with Crippen LogP contribution in [0.5, 0.6) is 0 Å². The van der Waals surface area contributed by atoms with Crippen LogP contribution in [-0.2, 0) is 4.79 Å². The number of rotatable bonds is 5. The normalized spacial score (nSPS) is 15.3. The van der Waals surface area contributed by atoms with Crippen molar-refractivity contribution in [3.8, 4) is 5.69 Å². The SMILES string of the molecule is Cc1cccc(C)c1-n1nnnc1SCC(=O)N(C)C1CCCCC1. The Bertz CT molecular complexity index is 719. The van der Waals surface area contributed by atoms with Gasteiger partial charge in [-0.25, -0.2) is 0 Å². The van der Waals surface area contributed by atoms with E-state index in [4.69, 9.17) is 0 Å². The van der Waals surface area contributed by atoms with Crippen LogP contribution in [0.2, 0.25) is 0 Å². The van der Waals surface area contributed by atoms with Crippen LogP contribution in [0.25, 0.3) is 5.69 Å². The molecule has 0 saturated heterocycles. The van der Waals surface area contributed by atoms with Gasteiger partial charge < -0.3 is 4.90 Å². The first kappa shape index (κ1) is 17.9. The molecule has 0 unspecified atom stereocenters. The molecule has 1 aliphatic rings. The summed E-state index contributed by atoms with van der Waals surface area (Å²) in [7, 11) is 1.92. The van der Waals surface area contributed by atoms with Gasteiger partial charge in [-0.2, -0.15) is 4.68 Å². The van der Waals surface area contributed by atoms with Crippen molar-refractivity contribution >= 4 is 17.7 Å². The average Bonchev–Trinajstić information content (AvgIpc) is 3.08. The topological polar surface area (TPSA) is 63.9 Å². The minimum Gasteiger partial charge on any atom is -0.342 e.